The molecule has 0 amide bonds. The number of aromatic nitrogens is 1. The van der Waals surface area contributed by atoms with Crippen LogP contribution in [0.4, 0.5) is 0 Å². The van der Waals surface area contributed by atoms with E-state index in [9.17, 15) is 13.2 Å². The Bertz CT molecular complexity index is 691. The number of aldehydes is 1. The molecule has 0 bridgehead atoms. The van der Waals surface area contributed by atoms with E-state index in [1.165, 1.54) is 12.1 Å². The van der Waals surface area contributed by atoms with Crippen molar-refractivity contribution in [3.63, 3.8) is 0 Å². The van der Waals surface area contributed by atoms with Crippen molar-refractivity contribution in [1.82, 2.24) is 9.71 Å². The van der Waals surface area contributed by atoms with Gasteiger partial charge in [-0.25, -0.2) is 13.1 Å². The van der Waals surface area contributed by atoms with Gasteiger partial charge in [0, 0.05) is 18.9 Å². The fourth-order valence-electron chi connectivity index (χ4n) is 1.49. The Kier molecular flexibility index (Phi) is 3.77. The number of hydrogen-bond acceptors (Lipinski definition) is 5. The molecule has 6 nitrogen and oxygen atoms in total. The summed E-state index contributed by atoms with van der Waals surface area (Å²) >= 11 is 0. The summed E-state index contributed by atoms with van der Waals surface area (Å²) in [6.45, 7) is 1.97. The molecule has 19 heavy (non-hydrogen) atoms. The number of aryl methyl sites for hydroxylation is 1. The molecule has 0 aliphatic heterocycles. The molecular formula is C12H12N2O4S. The molecule has 0 saturated carbocycles. The van der Waals surface area contributed by atoms with Crippen LogP contribution in [0.5, 0.6) is 0 Å². The Morgan fingerprint density at radius 1 is 1.37 bits per heavy atom. The Morgan fingerprint density at radius 3 is 2.79 bits per heavy atom. The number of nitrogens with zero attached hydrogens (tertiary/aromatic N) is 1. The van der Waals surface area contributed by atoms with Crippen molar-refractivity contribution in [2.24, 2.45) is 0 Å². The predicted molar refractivity (Wildman–Crippen MR) is 67.1 cm³/mol. The van der Waals surface area contributed by atoms with Crippen LogP contribution in [0.3, 0.4) is 0 Å². The number of furan rings is 1. The van der Waals surface area contributed by atoms with Crippen molar-refractivity contribution < 1.29 is 17.6 Å². The average molecular weight is 280 g/mol. The molecule has 0 unspecified atom stereocenters. The van der Waals surface area contributed by atoms with Gasteiger partial charge in [-0.05, 0) is 36.2 Å². The molecule has 7 heteroatoms. The van der Waals surface area contributed by atoms with Gasteiger partial charge in [-0.2, -0.15) is 0 Å². The first kappa shape index (κ1) is 13.4. The summed E-state index contributed by atoms with van der Waals surface area (Å²) in [6.07, 6.45) is 3.70. The second-order valence-electron chi connectivity index (χ2n) is 3.90. The third-order valence-electron chi connectivity index (χ3n) is 2.57. The summed E-state index contributed by atoms with van der Waals surface area (Å²) in [4.78, 5) is 14.4. The largest absolute Gasteiger partial charge is 0.440 e. The van der Waals surface area contributed by atoms with Gasteiger partial charge in [0.1, 0.15) is 0 Å². The topological polar surface area (TPSA) is 89.3 Å². The van der Waals surface area contributed by atoms with Gasteiger partial charge in [-0.3, -0.25) is 9.78 Å². The van der Waals surface area contributed by atoms with Crippen LogP contribution >= 0.6 is 0 Å². The Balaban J connectivity index is 2.14. The van der Waals surface area contributed by atoms with Crippen molar-refractivity contribution in [2.75, 3.05) is 0 Å². The summed E-state index contributed by atoms with van der Waals surface area (Å²) in [5, 5.41) is -0.277. The minimum Gasteiger partial charge on any atom is -0.440 e. The maximum Gasteiger partial charge on any atom is 0.274 e. The summed E-state index contributed by atoms with van der Waals surface area (Å²) in [7, 11) is -3.76. The molecule has 0 aromatic carbocycles. The standard InChI is InChI=1S/C12H12N2O4S/c1-9-6-13-5-4-10(9)7-14-19(16,17)12-3-2-11(8-15)18-12/h2-6,8,14H,7H2,1H3. The minimum absolute atomic E-state index is 0.0273. The number of carbonyl (C=O) groups excluding carboxylic acids is 1. The lowest BCUT2D eigenvalue weighted by atomic mass is 10.2. The van der Waals surface area contributed by atoms with E-state index < -0.39 is 10.0 Å². The van der Waals surface area contributed by atoms with E-state index in [4.69, 9.17) is 4.42 Å². The molecule has 0 radical (unpaired) electrons. The molecule has 0 spiro atoms. The molecular weight excluding hydrogens is 268 g/mol. The Morgan fingerprint density at radius 2 is 2.16 bits per heavy atom. The van der Waals surface area contributed by atoms with Gasteiger partial charge in [0.25, 0.3) is 10.0 Å². The molecule has 0 saturated heterocycles. The molecule has 1 N–H and O–H groups in total. The molecule has 2 aromatic heterocycles. The number of carbonyl (C=O) groups is 1. The van der Waals surface area contributed by atoms with Crippen LogP contribution in [-0.2, 0) is 16.6 Å². The van der Waals surface area contributed by atoms with Gasteiger partial charge >= 0.3 is 0 Å². The zero-order valence-electron chi connectivity index (χ0n) is 10.2. The van der Waals surface area contributed by atoms with Crippen molar-refractivity contribution in [1.29, 1.82) is 0 Å². The van der Waals surface area contributed by atoms with E-state index >= 15 is 0 Å². The SMILES string of the molecule is Cc1cnccc1CNS(=O)(=O)c1ccc(C=O)o1. The Hall–Kier alpha value is -1.99. The van der Waals surface area contributed by atoms with Gasteiger partial charge < -0.3 is 4.42 Å². The number of rotatable bonds is 5. The second-order valence-corrected chi connectivity index (χ2v) is 5.60. The lowest BCUT2D eigenvalue weighted by Crippen LogP contribution is -2.23. The van der Waals surface area contributed by atoms with E-state index in [0.29, 0.717) is 6.29 Å². The Labute approximate surface area is 110 Å². The van der Waals surface area contributed by atoms with Gasteiger partial charge in [0.05, 0.1) is 0 Å². The lowest BCUT2D eigenvalue weighted by molar-refractivity contribution is 0.109. The second kappa shape index (κ2) is 5.33. The van der Waals surface area contributed by atoms with Gasteiger partial charge in [-0.15, -0.1) is 0 Å². The van der Waals surface area contributed by atoms with Crippen LogP contribution in [-0.4, -0.2) is 19.7 Å². The van der Waals surface area contributed by atoms with E-state index in [1.807, 2.05) is 6.92 Å². The van der Waals surface area contributed by atoms with E-state index in [-0.39, 0.29) is 17.4 Å². The summed E-state index contributed by atoms with van der Waals surface area (Å²) in [5.74, 6) is -0.0273. The summed E-state index contributed by atoms with van der Waals surface area (Å²) < 4.78 is 31.1. The van der Waals surface area contributed by atoms with Crippen LogP contribution in [0.2, 0.25) is 0 Å². The van der Waals surface area contributed by atoms with Crippen molar-refractivity contribution in [3.8, 4) is 0 Å². The normalized spacial score (nSPS) is 11.4. The molecule has 0 fully saturated rings. The van der Waals surface area contributed by atoms with Gasteiger partial charge in [0.2, 0.25) is 5.09 Å². The highest BCUT2D eigenvalue weighted by molar-refractivity contribution is 7.89. The van der Waals surface area contributed by atoms with Crippen LogP contribution < -0.4 is 4.72 Å². The van der Waals surface area contributed by atoms with Crippen LogP contribution in [0, 0.1) is 6.92 Å². The molecule has 2 heterocycles. The third-order valence-corrected chi connectivity index (χ3v) is 3.85. The quantitative estimate of drug-likeness (QED) is 0.833. The maximum absolute atomic E-state index is 11.9. The van der Waals surface area contributed by atoms with Crippen molar-refractivity contribution >= 4 is 16.3 Å². The maximum atomic E-state index is 11.9. The molecule has 100 valence electrons. The highest BCUT2D eigenvalue weighted by Gasteiger charge is 2.18. The fraction of sp³-hybridized carbons (Fsp3) is 0.167. The third kappa shape index (κ3) is 3.07. The fourth-order valence-corrected chi connectivity index (χ4v) is 2.43. The first-order valence-electron chi connectivity index (χ1n) is 5.47. The van der Waals surface area contributed by atoms with E-state index in [2.05, 4.69) is 9.71 Å². The smallest absolute Gasteiger partial charge is 0.274 e. The first-order chi connectivity index (χ1) is 9.03. The van der Waals surface area contributed by atoms with Crippen molar-refractivity contribution in [3.05, 3.63) is 47.5 Å². The van der Waals surface area contributed by atoms with E-state index in [0.717, 1.165) is 11.1 Å². The molecule has 0 atom stereocenters. The summed E-state index contributed by atoms with van der Waals surface area (Å²) in [6, 6.07) is 4.28. The van der Waals surface area contributed by atoms with Crippen LogP contribution in [0.25, 0.3) is 0 Å². The number of nitrogens with one attached hydrogen (secondary N) is 1. The van der Waals surface area contributed by atoms with Gasteiger partial charge in [-0.1, -0.05) is 0 Å². The molecule has 2 aromatic rings. The number of pyridine rings is 1. The van der Waals surface area contributed by atoms with E-state index in [1.54, 1.807) is 18.5 Å². The zero-order valence-corrected chi connectivity index (χ0v) is 11.0. The van der Waals surface area contributed by atoms with Gasteiger partial charge in [0.15, 0.2) is 12.0 Å². The lowest BCUT2D eigenvalue weighted by Gasteiger charge is -2.06. The first-order valence-corrected chi connectivity index (χ1v) is 6.95. The molecule has 0 aliphatic rings. The highest BCUT2D eigenvalue weighted by Crippen LogP contribution is 2.13. The molecule has 0 aliphatic carbocycles. The number of sulfonamides is 1. The monoisotopic (exact) mass is 280 g/mol. The number of hydrogen-bond donors (Lipinski definition) is 1. The van der Waals surface area contributed by atoms with Crippen LogP contribution in [0.15, 0.2) is 40.1 Å². The van der Waals surface area contributed by atoms with Crippen molar-refractivity contribution in [2.45, 2.75) is 18.6 Å². The predicted octanol–water partition coefficient (Wildman–Crippen LogP) is 1.27. The molecule has 2 rings (SSSR count). The van der Waals surface area contributed by atoms with Crippen LogP contribution in [0.1, 0.15) is 21.7 Å². The highest BCUT2D eigenvalue weighted by atomic mass is 32.2. The average Bonchev–Trinajstić information content (AvgIpc) is 2.87. The minimum atomic E-state index is -3.76. The zero-order chi connectivity index (χ0) is 13.9. The summed E-state index contributed by atoms with van der Waals surface area (Å²) in [5.41, 5.74) is 1.71.